The molecule has 0 amide bonds. The van der Waals surface area contributed by atoms with Crippen molar-refractivity contribution in [1.29, 1.82) is 0 Å². The third kappa shape index (κ3) is 2.95. The Hall–Kier alpha value is -2.70. The summed E-state index contributed by atoms with van der Waals surface area (Å²) in [4.78, 5) is 14.5. The number of nitrogens with two attached hydrogens (primary N) is 1. The minimum atomic E-state index is -1.16. The van der Waals surface area contributed by atoms with Gasteiger partial charge in [0, 0.05) is 18.0 Å². The van der Waals surface area contributed by atoms with E-state index < -0.39 is 17.6 Å². The molecule has 5 nitrogen and oxygen atoms in total. The lowest BCUT2D eigenvalue weighted by Gasteiger charge is -2.09. The normalized spacial score (nSPS) is 10.2. The number of carboxylic acid groups (broad SMARTS) is 1. The third-order valence-corrected chi connectivity index (χ3v) is 2.29. The van der Waals surface area contributed by atoms with Crippen molar-refractivity contribution in [2.45, 2.75) is 0 Å². The van der Waals surface area contributed by atoms with Gasteiger partial charge in [0.2, 0.25) is 0 Å². The Morgan fingerprint density at radius 2 is 1.84 bits per heavy atom. The lowest BCUT2D eigenvalue weighted by molar-refractivity contribution is 0.0696. The number of halogens is 2. The van der Waals surface area contributed by atoms with Crippen LogP contribution in [0.15, 0.2) is 30.5 Å². The van der Waals surface area contributed by atoms with E-state index in [9.17, 15) is 13.6 Å². The van der Waals surface area contributed by atoms with Crippen molar-refractivity contribution in [3.05, 3.63) is 47.7 Å². The number of benzene rings is 1. The van der Waals surface area contributed by atoms with E-state index >= 15 is 0 Å². The van der Waals surface area contributed by atoms with Gasteiger partial charge in [-0.25, -0.2) is 18.6 Å². The molecule has 2 aromatic rings. The van der Waals surface area contributed by atoms with Gasteiger partial charge in [-0.1, -0.05) is 0 Å². The zero-order valence-electron chi connectivity index (χ0n) is 9.52. The van der Waals surface area contributed by atoms with E-state index in [1.165, 1.54) is 6.07 Å². The highest BCUT2D eigenvalue weighted by atomic mass is 19.1. The number of hydrogen-bond donors (Lipinski definition) is 3. The molecule has 0 aliphatic rings. The topological polar surface area (TPSA) is 88.2 Å². The Bertz CT molecular complexity index is 627. The van der Waals surface area contributed by atoms with Crippen LogP contribution < -0.4 is 11.1 Å². The molecule has 1 heterocycles. The monoisotopic (exact) mass is 265 g/mol. The number of pyridine rings is 1. The molecule has 1 aromatic carbocycles. The molecule has 98 valence electrons. The second-order valence-electron chi connectivity index (χ2n) is 3.75. The van der Waals surface area contributed by atoms with Crippen LogP contribution in [-0.2, 0) is 0 Å². The Kier molecular flexibility index (Phi) is 3.28. The zero-order valence-corrected chi connectivity index (χ0v) is 9.52. The molecule has 0 aliphatic carbocycles. The molecule has 0 bridgehead atoms. The average molecular weight is 265 g/mol. The van der Waals surface area contributed by atoms with Gasteiger partial charge >= 0.3 is 5.97 Å². The first-order chi connectivity index (χ1) is 8.95. The molecule has 0 aliphatic heterocycles. The summed E-state index contributed by atoms with van der Waals surface area (Å²) in [7, 11) is 0. The summed E-state index contributed by atoms with van der Waals surface area (Å²) in [5.41, 5.74) is 5.72. The van der Waals surface area contributed by atoms with Crippen molar-refractivity contribution < 1.29 is 18.7 Å². The lowest BCUT2D eigenvalue weighted by atomic mass is 10.2. The Morgan fingerprint density at radius 1 is 1.21 bits per heavy atom. The second kappa shape index (κ2) is 4.89. The molecule has 0 atom stereocenters. The molecule has 19 heavy (non-hydrogen) atoms. The van der Waals surface area contributed by atoms with E-state index in [1.807, 2.05) is 0 Å². The fourth-order valence-corrected chi connectivity index (χ4v) is 1.47. The van der Waals surface area contributed by atoms with Crippen molar-refractivity contribution in [2.75, 3.05) is 11.1 Å². The Labute approximate surface area is 106 Å². The number of carboxylic acids is 1. The number of carbonyl (C=O) groups is 1. The fraction of sp³-hybridized carbons (Fsp3) is 0. The smallest absolute Gasteiger partial charge is 0.337 e. The maximum Gasteiger partial charge on any atom is 0.337 e. The van der Waals surface area contributed by atoms with E-state index in [0.29, 0.717) is 0 Å². The van der Waals surface area contributed by atoms with Crippen LogP contribution in [0.25, 0.3) is 0 Å². The van der Waals surface area contributed by atoms with Gasteiger partial charge in [0.1, 0.15) is 11.6 Å². The van der Waals surface area contributed by atoms with Crippen molar-refractivity contribution in [3.63, 3.8) is 0 Å². The van der Waals surface area contributed by atoms with Crippen LogP contribution in [0.5, 0.6) is 0 Å². The first kappa shape index (κ1) is 12.7. The summed E-state index contributed by atoms with van der Waals surface area (Å²) in [5.74, 6) is -2.54. The maximum atomic E-state index is 13.0. The Morgan fingerprint density at radius 3 is 2.37 bits per heavy atom. The predicted molar refractivity (Wildman–Crippen MR) is 65.2 cm³/mol. The minimum Gasteiger partial charge on any atom is -0.478 e. The van der Waals surface area contributed by atoms with E-state index in [4.69, 9.17) is 10.8 Å². The van der Waals surface area contributed by atoms with Crippen LogP contribution in [0.3, 0.4) is 0 Å². The highest BCUT2D eigenvalue weighted by molar-refractivity contribution is 5.89. The van der Waals surface area contributed by atoms with Gasteiger partial charge in [0.05, 0.1) is 11.3 Å². The molecule has 7 heteroatoms. The van der Waals surface area contributed by atoms with Gasteiger partial charge < -0.3 is 16.2 Å². The zero-order chi connectivity index (χ0) is 14.0. The minimum absolute atomic E-state index is 0.0598. The van der Waals surface area contributed by atoms with Crippen molar-refractivity contribution in [1.82, 2.24) is 4.98 Å². The number of nitrogens with zero attached hydrogens (tertiary/aromatic N) is 1. The molecule has 4 N–H and O–H groups in total. The largest absolute Gasteiger partial charge is 0.478 e. The molecule has 0 saturated heterocycles. The molecule has 0 radical (unpaired) electrons. The highest BCUT2D eigenvalue weighted by Crippen LogP contribution is 2.22. The molecule has 0 spiro atoms. The maximum absolute atomic E-state index is 13.0. The molecule has 1 aromatic heterocycles. The van der Waals surface area contributed by atoms with Gasteiger partial charge in [-0.05, 0) is 18.2 Å². The average Bonchev–Trinajstić information content (AvgIpc) is 2.30. The number of aromatic carboxylic acids is 1. The van der Waals surface area contributed by atoms with Gasteiger partial charge in [-0.2, -0.15) is 0 Å². The number of nitrogen functional groups attached to an aromatic ring is 1. The number of hydrogen-bond acceptors (Lipinski definition) is 4. The second-order valence-corrected chi connectivity index (χ2v) is 3.75. The molecule has 0 fully saturated rings. The van der Waals surface area contributed by atoms with Crippen molar-refractivity contribution in [2.24, 2.45) is 0 Å². The van der Waals surface area contributed by atoms with Gasteiger partial charge in [0.15, 0.2) is 5.82 Å². The highest BCUT2D eigenvalue weighted by Gasteiger charge is 2.09. The van der Waals surface area contributed by atoms with Crippen LogP contribution in [-0.4, -0.2) is 16.1 Å². The van der Waals surface area contributed by atoms with Crippen LogP contribution in [0.2, 0.25) is 0 Å². The van der Waals surface area contributed by atoms with Crippen molar-refractivity contribution in [3.8, 4) is 0 Å². The first-order valence-corrected chi connectivity index (χ1v) is 5.17. The first-order valence-electron chi connectivity index (χ1n) is 5.17. The number of aromatic nitrogens is 1. The molecule has 0 unspecified atom stereocenters. The van der Waals surface area contributed by atoms with Gasteiger partial charge in [0.25, 0.3) is 0 Å². The van der Waals surface area contributed by atoms with E-state index in [1.54, 1.807) is 0 Å². The van der Waals surface area contributed by atoms with Gasteiger partial charge in [-0.15, -0.1) is 0 Å². The molecular formula is C12H9F2N3O2. The quantitative estimate of drug-likeness (QED) is 0.793. The number of anilines is 3. The standard InChI is InChI=1S/C12H9F2N3O2/c13-7-2-8(14)4-9(3-7)17-11-10(15)1-6(5-16-11)12(18)19/h1-5H,15H2,(H,16,17)(H,18,19). The summed E-state index contributed by atoms with van der Waals surface area (Å²) in [6.45, 7) is 0. The third-order valence-electron chi connectivity index (χ3n) is 2.29. The Balaban J connectivity index is 2.30. The van der Waals surface area contributed by atoms with Crippen LogP contribution >= 0.6 is 0 Å². The molecule has 0 saturated carbocycles. The summed E-state index contributed by atoms with van der Waals surface area (Å²) >= 11 is 0. The summed E-state index contributed by atoms with van der Waals surface area (Å²) in [5, 5.41) is 11.4. The number of rotatable bonds is 3. The van der Waals surface area contributed by atoms with Gasteiger partial charge in [-0.3, -0.25) is 0 Å². The van der Waals surface area contributed by atoms with E-state index in [2.05, 4.69) is 10.3 Å². The summed E-state index contributed by atoms with van der Waals surface area (Å²) in [6, 6.07) is 4.06. The van der Waals surface area contributed by atoms with E-state index in [0.717, 1.165) is 24.4 Å². The summed E-state index contributed by atoms with van der Waals surface area (Å²) in [6.07, 6.45) is 1.09. The lowest BCUT2D eigenvalue weighted by Crippen LogP contribution is -2.04. The van der Waals surface area contributed by atoms with E-state index in [-0.39, 0.29) is 22.8 Å². The SMILES string of the molecule is Nc1cc(C(=O)O)cnc1Nc1cc(F)cc(F)c1. The van der Waals surface area contributed by atoms with Crippen LogP contribution in [0, 0.1) is 11.6 Å². The van der Waals surface area contributed by atoms with Crippen LogP contribution in [0.4, 0.5) is 26.0 Å². The van der Waals surface area contributed by atoms with Crippen molar-refractivity contribution >= 4 is 23.2 Å². The molecular weight excluding hydrogens is 256 g/mol. The number of nitrogens with one attached hydrogen (secondary N) is 1. The fourth-order valence-electron chi connectivity index (χ4n) is 1.47. The van der Waals surface area contributed by atoms with Crippen LogP contribution in [0.1, 0.15) is 10.4 Å². The predicted octanol–water partition coefficient (Wildman–Crippen LogP) is 2.38. The molecule has 2 rings (SSSR count). The summed E-state index contributed by atoms with van der Waals surface area (Å²) < 4.78 is 26.0.